The molecule has 4 aliphatic rings. The summed E-state index contributed by atoms with van der Waals surface area (Å²) in [5.41, 5.74) is 3.09. The van der Waals surface area contributed by atoms with Crippen molar-refractivity contribution in [2.75, 3.05) is 56.3 Å². The van der Waals surface area contributed by atoms with Crippen LogP contribution in [0.15, 0.2) is 48.6 Å². The van der Waals surface area contributed by atoms with E-state index in [0.29, 0.717) is 44.8 Å². The van der Waals surface area contributed by atoms with Gasteiger partial charge in [0.25, 0.3) is 0 Å². The molecule has 1 saturated carbocycles. The fourth-order valence-electron chi connectivity index (χ4n) is 7.97. The Kier molecular flexibility index (Phi) is 8.95. The number of carbonyl (C=O) groups is 1. The Labute approximate surface area is 280 Å². The number of fused-ring (bicyclic) bond motifs is 2. The second-order valence-electron chi connectivity index (χ2n) is 13.3. The maximum Gasteiger partial charge on any atom is 0.318 e. The van der Waals surface area contributed by atoms with E-state index in [-0.39, 0.29) is 23.9 Å². The number of rotatable bonds is 8. The van der Waals surface area contributed by atoms with Crippen molar-refractivity contribution in [3.05, 3.63) is 64.8 Å². The predicted molar refractivity (Wildman–Crippen MR) is 182 cm³/mol. The van der Waals surface area contributed by atoms with Crippen LogP contribution in [0, 0.1) is 11.3 Å². The summed E-state index contributed by atoms with van der Waals surface area (Å²) in [6.45, 7) is 2.87. The standard InChI is InChI=1S/C36H41ClFN7O2/c1-42-18-5-9-27(42)24-47-35-40-30-23-45(31-11-3-8-25-7-2-10-29(37)33(25)31)36(14-6-15-36)21-28(30)34(41-35)43-19-20-44(26(22-43)13-17-39)32(46)12-4-16-38/h2-4,7-8,10-12,26-27H,5-6,9,13-16,18-24H2,1H3/b12-4+/t26-,27-/m0/s1. The quantitative estimate of drug-likeness (QED) is 0.285. The van der Waals surface area contributed by atoms with Crippen LogP contribution in [0.2, 0.25) is 5.02 Å². The third-order valence-corrected chi connectivity index (χ3v) is 11.0. The van der Waals surface area contributed by atoms with Gasteiger partial charge >= 0.3 is 6.01 Å². The highest BCUT2D eigenvalue weighted by molar-refractivity contribution is 6.36. The Hall–Kier alpha value is -3.94. The number of anilines is 2. The summed E-state index contributed by atoms with van der Waals surface area (Å²) >= 11 is 6.85. The molecule has 7 rings (SSSR count). The zero-order valence-electron chi connectivity index (χ0n) is 26.9. The molecule has 2 saturated heterocycles. The summed E-state index contributed by atoms with van der Waals surface area (Å²) in [6, 6.07) is 15.0. The van der Waals surface area contributed by atoms with Crippen molar-refractivity contribution in [1.82, 2.24) is 19.8 Å². The van der Waals surface area contributed by atoms with Gasteiger partial charge in [-0.05, 0) is 69.3 Å². The lowest BCUT2D eigenvalue weighted by Gasteiger charge is -2.55. The number of amides is 1. The van der Waals surface area contributed by atoms with Gasteiger partial charge in [-0.3, -0.25) is 4.79 Å². The number of alkyl halides is 1. The van der Waals surface area contributed by atoms with E-state index in [1.54, 1.807) is 4.90 Å². The first-order valence-electron chi connectivity index (χ1n) is 16.7. The molecular formula is C36H41ClFN7O2. The van der Waals surface area contributed by atoms with Gasteiger partial charge in [0.2, 0.25) is 5.91 Å². The van der Waals surface area contributed by atoms with E-state index in [0.717, 1.165) is 83.6 Å². The maximum atomic E-state index is 12.9. The van der Waals surface area contributed by atoms with Crippen molar-refractivity contribution >= 4 is 39.8 Å². The van der Waals surface area contributed by atoms with Crippen molar-refractivity contribution in [3.63, 3.8) is 0 Å². The van der Waals surface area contributed by atoms with Crippen LogP contribution in [0.3, 0.4) is 0 Å². The lowest BCUT2D eigenvalue weighted by atomic mass is 9.69. The first-order valence-corrected chi connectivity index (χ1v) is 17.1. The normalized spacial score (nSPS) is 22.5. The molecule has 9 nitrogen and oxygen atoms in total. The van der Waals surface area contributed by atoms with Crippen LogP contribution in [0.4, 0.5) is 15.9 Å². The zero-order chi connectivity index (χ0) is 32.5. The average Bonchev–Trinajstić information content (AvgIpc) is 3.48. The maximum absolute atomic E-state index is 12.9. The molecule has 1 spiro atoms. The molecule has 0 N–H and O–H groups in total. The number of hydrogen-bond donors (Lipinski definition) is 0. The number of carbonyl (C=O) groups excluding carboxylic acids is 1. The van der Waals surface area contributed by atoms with Gasteiger partial charge in [0.15, 0.2) is 0 Å². The number of hydrogen-bond acceptors (Lipinski definition) is 8. The van der Waals surface area contributed by atoms with Crippen LogP contribution in [-0.2, 0) is 17.8 Å². The molecule has 1 aromatic heterocycles. The Balaban J connectivity index is 1.27. The summed E-state index contributed by atoms with van der Waals surface area (Å²) in [5.74, 6) is 0.566. The van der Waals surface area contributed by atoms with E-state index < -0.39 is 6.67 Å². The van der Waals surface area contributed by atoms with E-state index >= 15 is 0 Å². The van der Waals surface area contributed by atoms with Gasteiger partial charge in [-0.2, -0.15) is 15.2 Å². The molecule has 2 aromatic carbocycles. The van der Waals surface area contributed by atoms with Crippen LogP contribution in [0.25, 0.3) is 10.8 Å². The lowest BCUT2D eigenvalue weighted by Crippen LogP contribution is -2.59. The van der Waals surface area contributed by atoms with E-state index in [4.69, 9.17) is 26.3 Å². The van der Waals surface area contributed by atoms with E-state index in [9.17, 15) is 14.4 Å². The van der Waals surface area contributed by atoms with Gasteiger partial charge in [-0.1, -0.05) is 35.9 Å². The first kappa shape index (κ1) is 31.6. The van der Waals surface area contributed by atoms with Gasteiger partial charge in [-0.15, -0.1) is 0 Å². The number of ether oxygens (including phenoxy) is 1. The van der Waals surface area contributed by atoms with Gasteiger partial charge in [0, 0.05) is 60.3 Å². The number of halogens is 2. The van der Waals surface area contributed by atoms with Crippen LogP contribution >= 0.6 is 11.6 Å². The molecule has 0 unspecified atom stereocenters. The average molecular weight is 658 g/mol. The van der Waals surface area contributed by atoms with Crippen molar-refractivity contribution in [3.8, 4) is 12.1 Å². The van der Waals surface area contributed by atoms with Crippen molar-refractivity contribution in [1.29, 1.82) is 5.26 Å². The highest BCUT2D eigenvalue weighted by atomic mass is 35.5. The highest BCUT2D eigenvalue weighted by Crippen LogP contribution is 2.50. The molecule has 3 aromatic rings. The SMILES string of the molecule is CN1CCC[C@H]1COc1nc2c(c(N3CCN(C(=O)/C=C/CF)[C@@H](CC#N)C3)n1)CC1(CCC1)N(c1cccc3cccc(Cl)c13)C2. The summed E-state index contributed by atoms with van der Waals surface area (Å²) in [6.07, 6.45) is 8.93. The largest absolute Gasteiger partial charge is 0.462 e. The number of nitriles is 1. The predicted octanol–water partition coefficient (Wildman–Crippen LogP) is 5.70. The number of allylic oxidation sites excluding steroid dienone is 1. The number of aromatic nitrogens is 2. The highest BCUT2D eigenvalue weighted by Gasteiger charge is 2.48. The fraction of sp³-hybridized carbons (Fsp3) is 0.500. The summed E-state index contributed by atoms with van der Waals surface area (Å²) in [7, 11) is 2.13. The molecule has 2 atom stereocenters. The minimum atomic E-state index is -0.704. The van der Waals surface area contributed by atoms with Gasteiger partial charge < -0.3 is 24.3 Å². The van der Waals surface area contributed by atoms with Crippen molar-refractivity contribution in [2.24, 2.45) is 0 Å². The number of likely N-dealkylation sites (tertiary alicyclic amines) is 1. The molecule has 4 heterocycles. The minimum Gasteiger partial charge on any atom is -0.462 e. The summed E-state index contributed by atoms with van der Waals surface area (Å²) in [5, 5.41) is 12.6. The molecule has 3 fully saturated rings. The Morgan fingerprint density at radius 3 is 2.70 bits per heavy atom. The Morgan fingerprint density at radius 2 is 1.98 bits per heavy atom. The molecule has 0 radical (unpaired) electrons. The third kappa shape index (κ3) is 6.00. The topological polar surface area (TPSA) is 88.8 Å². The Bertz CT molecular complexity index is 1720. The summed E-state index contributed by atoms with van der Waals surface area (Å²) in [4.78, 5) is 31.8. The number of benzene rings is 2. The van der Waals surface area contributed by atoms with Gasteiger partial charge in [0.05, 0.1) is 35.8 Å². The zero-order valence-corrected chi connectivity index (χ0v) is 27.6. The van der Waals surface area contributed by atoms with Crippen molar-refractivity contribution in [2.45, 2.75) is 69.1 Å². The van der Waals surface area contributed by atoms with E-state index in [2.05, 4.69) is 52.1 Å². The Morgan fingerprint density at radius 1 is 1.15 bits per heavy atom. The lowest BCUT2D eigenvalue weighted by molar-refractivity contribution is -0.128. The second kappa shape index (κ2) is 13.3. The minimum absolute atomic E-state index is 0.0888. The third-order valence-electron chi connectivity index (χ3n) is 10.7. The molecule has 246 valence electrons. The molecule has 47 heavy (non-hydrogen) atoms. The van der Waals surface area contributed by atoms with Crippen LogP contribution in [-0.4, -0.2) is 89.8 Å². The second-order valence-corrected chi connectivity index (χ2v) is 13.8. The van der Waals surface area contributed by atoms with Crippen molar-refractivity contribution < 1.29 is 13.9 Å². The van der Waals surface area contributed by atoms with Crippen LogP contribution < -0.4 is 14.5 Å². The summed E-state index contributed by atoms with van der Waals surface area (Å²) < 4.78 is 19.2. The molecule has 0 bridgehead atoms. The number of piperazine rings is 1. The first-order chi connectivity index (χ1) is 22.9. The molecule has 3 aliphatic heterocycles. The van der Waals surface area contributed by atoms with Crippen LogP contribution in [0.1, 0.15) is 49.8 Å². The molecule has 1 amide bonds. The molecular weight excluding hydrogens is 617 g/mol. The van der Waals surface area contributed by atoms with Gasteiger partial charge in [-0.25, -0.2) is 4.39 Å². The molecule has 11 heteroatoms. The monoisotopic (exact) mass is 657 g/mol. The number of nitrogens with zero attached hydrogens (tertiary/aromatic N) is 7. The van der Waals surface area contributed by atoms with Gasteiger partial charge in [0.1, 0.15) is 19.1 Å². The fourth-order valence-corrected chi connectivity index (χ4v) is 8.25. The van der Waals surface area contributed by atoms with E-state index in [1.165, 1.54) is 12.2 Å². The number of likely N-dealkylation sites (N-methyl/N-ethyl adjacent to an activating group) is 1. The van der Waals surface area contributed by atoms with Crippen LogP contribution in [0.5, 0.6) is 6.01 Å². The smallest absolute Gasteiger partial charge is 0.318 e. The molecule has 1 aliphatic carbocycles. The van der Waals surface area contributed by atoms with E-state index in [1.807, 2.05) is 12.1 Å².